The molecule has 0 aliphatic carbocycles. The first-order valence-electron chi connectivity index (χ1n) is 14.5. The van der Waals surface area contributed by atoms with Crippen molar-refractivity contribution < 1.29 is 28.5 Å². The fraction of sp³-hybridized carbons (Fsp3) is 0.455. The standard InChI is InChI=1S/C33H39ClN2O6/c1-6-41-28(37)19-21-14-17-35(18-15-21)32(38)33(2,3)31-26-10-8-16-36(26)25-13-12-22(34)20-24(25)29(42-31)23-9-7-11-27(39-4)30(23)40-5/h7-13,16,20-21,29,31H,6,14-15,17-19H2,1-5H3. The monoisotopic (exact) mass is 594 g/mol. The van der Waals surface area contributed by atoms with Crippen LogP contribution in [0.15, 0.2) is 54.7 Å². The van der Waals surface area contributed by atoms with Gasteiger partial charge in [0, 0.05) is 41.9 Å². The van der Waals surface area contributed by atoms with E-state index in [-0.39, 0.29) is 17.8 Å². The van der Waals surface area contributed by atoms with Crippen LogP contribution in [0, 0.1) is 11.3 Å². The van der Waals surface area contributed by atoms with Crippen molar-refractivity contribution in [2.45, 2.75) is 52.2 Å². The lowest BCUT2D eigenvalue weighted by Crippen LogP contribution is -2.48. The van der Waals surface area contributed by atoms with Gasteiger partial charge in [-0.3, -0.25) is 9.59 Å². The van der Waals surface area contributed by atoms with E-state index in [1.54, 1.807) is 14.2 Å². The number of para-hydroxylation sites is 1. The molecule has 1 fully saturated rings. The number of halogens is 1. The number of aromatic nitrogens is 1. The van der Waals surface area contributed by atoms with E-state index in [9.17, 15) is 9.59 Å². The van der Waals surface area contributed by atoms with Gasteiger partial charge in [-0.05, 0) is 75.9 Å². The number of carbonyl (C=O) groups excluding carboxylic acids is 2. The third-order valence-corrected chi connectivity index (χ3v) is 8.67. The summed E-state index contributed by atoms with van der Waals surface area (Å²) in [7, 11) is 3.21. The molecule has 42 heavy (non-hydrogen) atoms. The van der Waals surface area contributed by atoms with E-state index in [4.69, 9.17) is 30.5 Å². The Morgan fingerprint density at radius 1 is 1.02 bits per heavy atom. The third kappa shape index (κ3) is 5.62. The van der Waals surface area contributed by atoms with E-state index in [0.29, 0.717) is 42.6 Å². The van der Waals surface area contributed by atoms with Crippen molar-refractivity contribution in [3.05, 3.63) is 76.6 Å². The number of amides is 1. The fourth-order valence-corrected chi connectivity index (χ4v) is 6.46. The summed E-state index contributed by atoms with van der Waals surface area (Å²) >= 11 is 6.54. The van der Waals surface area contributed by atoms with Gasteiger partial charge < -0.3 is 28.4 Å². The molecule has 0 saturated carbocycles. The lowest BCUT2D eigenvalue weighted by molar-refractivity contribution is -0.155. The van der Waals surface area contributed by atoms with Crippen LogP contribution in [-0.4, -0.2) is 55.3 Å². The Balaban J connectivity index is 1.51. The zero-order valence-corrected chi connectivity index (χ0v) is 25.6. The van der Waals surface area contributed by atoms with Gasteiger partial charge in [0.1, 0.15) is 12.2 Å². The second-order valence-corrected chi connectivity index (χ2v) is 11.9. The number of rotatable bonds is 8. The summed E-state index contributed by atoms with van der Waals surface area (Å²) in [5.41, 5.74) is 2.50. The zero-order valence-electron chi connectivity index (χ0n) is 24.9. The number of likely N-dealkylation sites (tertiary alicyclic amines) is 1. The molecule has 2 aliphatic heterocycles. The van der Waals surface area contributed by atoms with Crippen LogP contribution in [-0.2, 0) is 19.1 Å². The number of fused-ring (bicyclic) bond motifs is 3. The molecule has 0 radical (unpaired) electrons. The molecule has 1 amide bonds. The Bertz CT molecular complexity index is 1440. The van der Waals surface area contributed by atoms with Crippen molar-refractivity contribution in [3.8, 4) is 17.2 Å². The van der Waals surface area contributed by atoms with E-state index in [0.717, 1.165) is 35.3 Å². The molecule has 1 aromatic heterocycles. The van der Waals surface area contributed by atoms with Crippen molar-refractivity contribution >= 4 is 23.5 Å². The van der Waals surface area contributed by atoms with Crippen LogP contribution < -0.4 is 9.47 Å². The maximum Gasteiger partial charge on any atom is 0.306 e. The lowest BCUT2D eigenvalue weighted by Gasteiger charge is -2.40. The predicted molar refractivity (Wildman–Crippen MR) is 160 cm³/mol. The van der Waals surface area contributed by atoms with Gasteiger partial charge in [-0.15, -0.1) is 0 Å². The summed E-state index contributed by atoms with van der Waals surface area (Å²) < 4.78 is 25.7. The SMILES string of the molecule is CCOC(=O)CC1CCN(C(=O)C(C)(C)C2OC(c3cccc(OC)c3OC)c3cc(Cl)ccc3-n3cccc32)CC1. The molecular weight excluding hydrogens is 556 g/mol. The van der Waals surface area contributed by atoms with Crippen LogP contribution in [0.2, 0.25) is 5.02 Å². The van der Waals surface area contributed by atoms with Crippen LogP contribution >= 0.6 is 11.6 Å². The smallest absolute Gasteiger partial charge is 0.306 e. The summed E-state index contributed by atoms with van der Waals surface area (Å²) in [6, 6.07) is 15.4. The summed E-state index contributed by atoms with van der Waals surface area (Å²) in [5, 5.41) is 0.581. The first-order chi connectivity index (χ1) is 20.2. The molecule has 224 valence electrons. The van der Waals surface area contributed by atoms with Gasteiger partial charge in [-0.25, -0.2) is 0 Å². The molecule has 0 bridgehead atoms. The van der Waals surface area contributed by atoms with Gasteiger partial charge in [0.2, 0.25) is 5.91 Å². The molecule has 3 aromatic rings. The summed E-state index contributed by atoms with van der Waals surface area (Å²) in [5.74, 6) is 1.20. The lowest BCUT2D eigenvalue weighted by atomic mass is 9.81. The van der Waals surface area contributed by atoms with Crippen LogP contribution in [0.25, 0.3) is 5.69 Å². The molecular formula is C33H39ClN2O6. The van der Waals surface area contributed by atoms with Gasteiger partial charge in [-0.1, -0.05) is 23.7 Å². The highest BCUT2D eigenvalue weighted by atomic mass is 35.5. The summed E-state index contributed by atoms with van der Waals surface area (Å²) in [4.78, 5) is 28.2. The largest absolute Gasteiger partial charge is 0.493 e. The average molecular weight is 595 g/mol. The fourth-order valence-electron chi connectivity index (χ4n) is 6.28. The quantitative estimate of drug-likeness (QED) is 0.276. The minimum absolute atomic E-state index is 0.00943. The molecule has 2 unspecified atom stereocenters. The van der Waals surface area contributed by atoms with Crippen molar-refractivity contribution in [2.75, 3.05) is 33.9 Å². The second-order valence-electron chi connectivity index (χ2n) is 11.5. The van der Waals surface area contributed by atoms with Crippen LogP contribution in [0.1, 0.15) is 69.1 Å². The minimum atomic E-state index is -0.930. The van der Waals surface area contributed by atoms with E-state index >= 15 is 0 Å². The first kappa shape index (κ1) is 30.0. The number of hydrogen-bond acceptors (Lipinski definition) is 6. The van der Waals surface area contributed by atoms with E-state index < -0.39 is 17.6 Å². The van der Waals surface area contributed by atoms with Crippen LogP contribution in [0.5, 0.6) is 11.5 Å². The van der Waals surface area contributed by atoms with Crippen molar-refractivity contribution in [3.63, 3.8) is 0 Å². The number of piperidine rings is 1. The van der Waals surface area contributed by atoms with Gasteiger partial charge in [0.25, 0.3) is 0 Å². The maximum atomic E-state index is 14.3. The topological polar surface area (TPSA) is 79.2 Å². The van der Waals surface area contributed by atoms with E-state index in [2.05, 4.69) is 4.57 Å². The average Bonchev–Trinajstić information content (AvgIpc) is 3.41. The Kier molecular flexibility index (Phi) is 8.85. The molecule has 8 nitrogen and oxygen atoms in total. The molecule has 2 atom stereocenters. The number of methoxy groups -OCH3 is 2. The Morgan fingerprint density at radius 2 is 1.79 bits per heavy atom. The Labute approximate surface area is 252 Å². The van der Waals surface area contributed by atoms with E-state index in [1.807, 2.05) is 80.4 Å². The minimum Gasteiger partial charge on any atom is -0.493 e. The van der Waals surface area contributed by atoms with Crippen LogP contribution in [0.3, 0.4) is 0 Å². The molecule has 1 saturated heterocycles. The molecule has 9 heteroatoms. The molecule has 0 spiro atoms. The number of esters is 1. The van der Waals surface area contributed by atoms with Gasteiger partial charge in [0.15, 0.2) is 11.5 Å². The van der Waals surface area contributed by atoms with Crippen molar-refractivity contribution in [2.24, 2.45) is 11.3 Å². The predicted octanol–water partition coefficient (Wildman–Crippen LogP) is 6.53. The highest BCUT2D eigenvalue weighted by molar-refractivity contribution is 6.30. The maximum absolute atomic E-state index is 14.3. The highest BCUT2D eigenvalue weighted by Crippen LogP contribution is 2.50. The zero-order chi connectivity index (χ0) is 30.0. The van der Waals surface area contributed by atoms with E-state index in [1.165, 1.54) is 0 Å². The summed E-state index contributed by atoms with van der Waals surface area (Å²) in [6.45, 7) is 7.27. The summed E-state index contributed by atoms with van der Waals surface area (Å²) in [6.07, 6.45) is 2.70. The Hall–Kier alpha value is -3.49. The van der Waals surface area contributed by atoms with Crippen LogP contribution in [0.4, 0.5) is 0 Å². The first-order valence-corrected chi connectivity index (χ1v) is 14.9. The number of nitrogens with zero attached hydrogens (tertiary/aromatic N) is 2. The molecule has 3 heterocycles. The van der Waals surface area contributed by atoms with Crippen molar-refractivity contribution in [1.82, 2.24) is 9.47 Å². The third-order valence-electron chi connectivity index (χ3n) is 8.44. The van der Waals surface area contributed by atoms with Gasteiger partial charge in [0.05, 0.1) is 37.6 Å². The number of hydrogen-bond donors (Lipinski definition) is 0. The second kappa shape index (κ2) is 12.4. The molecule has 2 aromatic carbocycles. The Morgan fingerprint density at radius 3 is 2.48 bits per heavy atom. The molecule has 5 rings (SSSR count). The number of benzene rings is 2. The number of carbonyl (C=O) groups is 2. The van der Waals surface area contributed by atoms with Crippen molar-refractivity contribution in [1.29, 1.82) is 0 Å². The highest BCUT2D eigenvalue weighted by Gasteiger charge is 2.46. The normalized spacial score (nSPS) is 19.0. The molecule has 0 N–H and O–H groups in total. The van der Waals surface area contributed by atoms with Gasteiger partial charge >= 0.3 is 5.97 Å². The number of ether oxygens (including phenoxy) is 4. The molecule has 2 aliphatic rings. The van der Waals surface area contributed by atoms with Gasteiger partial charge in [-0.2, -0.15) is 0 Å².